The van der Waals surface area contributed by atoms with E-state index >= 15 is 0 Å². The maximum Gasteiger partial charge on any atom is 0.165 e. The number of aromatic hydroxyl groups is 1. The van der Waals surface area contributed by atoms with Crippen molar-refractivity contribution < 1.29 is 43.0 Å². The van der Waals surface area contributed by atoms with Gasteiger partial charge in [-0.25, -0.2) is 8.42 Å². The van der Waals surface area contributed by atoms with Gasteiger partial charge in [0.05, 0.1) is 5.69 Å². The molecule has 0 fully saturated rings. The smallest absolute Gasteiger partial charge is 0.165 e. The summed E-state index contributed by atoms with van der Waals surface area (Å²) in [5.74, 6) is -0.728. The van der Waals surface area contributed by atoms with E-state index in [-0.39, 0.29) is 59.7 Å². The predicted molar refractivity (Wildman–Crippen MR) is 96.8 cm³/mol. The molecule has 0 aromatic heterocycles. The number of rotatable bonds is 6. The second kappa shape index (κ2) is 9.34. The summed E-state index contributed by atoms with van der Waals surface area (Å²) in [6.07, 6.45) is 1.06. The maximum atomic E-state index is 11.5. The molecule has 2 rings (SSSR count). The number of sulfone groups is 1. The first-order chi connectivity index (χ1) is 12.2. The minimum atomic E-state index is -3.31. The molecule has 0 aliphatic heterocycles. The van der Waals surface area contributed by atoms with Crippen LogP contribution in [0.25, 0.3) is 10.8 Å². The quantitative estimate of drug-likeness (QED) is 0.358. The molecule has 0 unspecified atom stereocenters. The molecule has 0 aliphatic rings. The number of anilines is 1. The molecule has 0 atom stereocenters. The Hall–Kier alpha value is -1.91. The summed E-state index contributed by atoms with van der Waals surface area (Å²) < 4.78 is 45.9. The van der Waals surface area contributed by atoms with Crippen molar-refractivity contribution in [1.29, 1.82) is 0 Å². The first kappa shape index (κ1) is 23.1. The predicted octanol–water partition coefficient (Wildman–Crippen LogP) is 3.05. The molecule has 0 saturated heterocycles. The van der Waals surface area contributed by atoms with Gasteiger partial charge in [0, 0.05) is 52.2 Å². The molecule has 0 aliphatic carbocycles. The summed E-state index contributed by atoms with van der Waals surface area (Å²) in [7, 11) is -3.26. The van der Waals surface area contributed by atoms with Crippen LogP contribution in [0.15, 0.2) is 43.6 Å². The fourth-order valence-corrected chi connectivity index (χ4v) is 3.21. The van der Waals surface area contributed by atoms with Crippen LogP contribution in [0.2, 0.25) is 0 Å². The van der Waals surface area contributed by atoms with E-state index in [2.05, 4.69) is 25.8 Å². The second-order valence-electron chi connectivity index (χ2n) is 5.21. The van der Waals surface area contributed by atoms with Gasteiger partial charge in [-0.1, -0.05) is 6.07 Å². The molecule has 0 bridgehead atoms. The van der Waals surface area contributed by atoms with Gasteiger partial charge in [0.15, 0.2) is 9.84 Å². The van der Waals surface area contributed by atoms with Crippen molar-refractivity contribution in [2.45, 2.75) is 4.90 Å². The molecule has 0 spiro atoms. The van der Waals surface area contributed by atoms with Crippen molar-refractivity contribution in [1.82, 2.24) is 0 Å². The van der Waals surface area contributed by atoms with E-state index in [0.29, 0.717) is 5.69 Å². The number of hydrogen-bond donors (Lipinski definition) is 2. The van der Waals surface area contributed by atoms with E-state index < -0.39 is 20.5 Å². The van der Waals surface area contributed by atoms with Crippen molar-refractivity contribution in [3.63, 3.8) is 0 Å². The van der Waals surface area contributed by atoms with Crippen molar-refractivity contribution in [3.05, 3.63) is 18.2 Å². The Balaban J connectivity index is 0.00000364. The molecule has 2 aromatic rings. The van der Waals surface area contributed by atoms with Gasteiger partial charge in [0.2, 0.25) is 0 Å². The SMILES string of the molecule is CN=Nc1c([S-](=O)=O)cc2c(N=NC)c(NCS(C)(=O)=O)ccc2c1O.[Mo]. The molecule has 0 radical (unpaired) electrons. The Bertz CT molecular complexity index is 1090. The van der Waals surface area contributed by atoms with E-state index in [9.17, 15) is 21.9 Å². The average Bonchev–Trinajstić information content (AvgIpc) is 2.55. The van der Waals surface area contributed by atoms with Crippen LogP contribution in [-0.2, 0) is 50.0 Å². The van der Waals surface area contributed by atoms with Crippen molar-refractivity contribution in [2.24, 2.45) is 20.5 Å². The maximum absolute atomic E-state index is 11.5. The minimum absolute atomic E-state index is 0. The van der Waals surface area contributed by atoms with Crippen LogP contribution in [0.1, 0.15) is 0 Å². The van der Waals surface area contributed by atoms with Crippen LogP contribution in [0, 0.1) is 0 Å². The standard InChI is InChI=1S/C14H16N5O5S2.Mo/c1-15-18-12-9-6-11(25(21)22)13(19-16-2)14(20)8(9)4-5-10(12)17-7-26(3,23)24;/h4-6,17,20H,7H2,1-3H3;/q-1;. The van der Waals surface area contributed by atoms with Crippen LogP contribution in [0.3, 0.4) is 0 Å². The number of benzene rings is 2. The number of nitrogens with one attached hydrogen (secondary N) is 1. The number of nitrogens with zero attached hydrogens (tertiary/aromatic N) is 4. The largest absolute Gasteiger partial charge is 0.505 e. The number of hydrogen-bond acceptors (Lipinski definition) is 11. The van der Waals surface area contributed by atoms with E-state index in [4.69, 9.17) is 0 Å². The molecule has 146 valence electrons. The molecule has 2 aromatic carbocycles. The summed E-state index contributed by atoms with van der Waals surface area (Å²) in [6.45, 7) is 0. The monoisotopic (exact) mass is 496 g/mol. The Morgan fingerprint density at radius 3 is 2.19 bits per heavy atom. The van der Waals surface area contributed by atoms with Gasteiger partial charge in [-0.2, -0.15) is 20.5 Å². The van der Waals surface area contributed by atoms with Crippen LogP contribution in [0.4, 0.5) is 17.1 Å². The average molecular weight is 494 g/mol. The Morgan fingerprint density at radius 1 is 1.07 bits per heavy atom. The van der Waals surface area contributed by atoms with E-state index in [0.717, 1.165) is 6.26 Å². The van der Waals surface area contributed by atoms with Crippen molar-refractivity contribution in [2.75, 3.05) is 31.5 Å². The summed E-state index contributed by atoms with van der Waals surface area (Å²) in [6, 6.07) is 4.28. The Kier molecular flexibility index (Phi) is 8.00. The zero-order valence-corrected chi connectivity index (χ0v) is 18.2. The molecule has 27 heavy (non-hydrogen) atoms. The summed E-state index contributed by atoms with van der Waals surface area (Å²) in [5.41, 5.74) is 0.320. The summed E-state index contributed by atoms with van der Waals surface area (Å²) >= 11 is 0. The molecular formula is C14H16MoN5O5S2-. The molecular weight excluding hydrogens is 478 g/mol. The zero-order chi connectivity index (χ0) is 19.5. The second-order valence-corrected chi connectivity index (χ2v) is 8.26. The van der Waals surface area contributed by atoms with Gasteiger partial charge < -0.3 is 18.8 Å². The fourth-order valence-electron chi connectivity index (χ4n) is 2.29. The van der Waals surface area contributed by atoms with Gasteiger partial charge in [-0.3, -0.25) is 0 Å². The van der Waals surface area contributed by atoms with Crippen LogP contribution < -0.4 is 5.32 Å². The van der Waals surface area contributed by atoms with Crippen LogP contribution in [0.5, 0.6) is 5.75 Å². The van der Waals surface area contributed by atoms with Crippen molar-refractivity contribution >= 4 is 48.4 Å². The third-order valence-corrected chi connectivity index (χ3v) is 4.65. The number of azo groups is 2. The van der Waals surface area contributed by atoms with Crippen molar-refractivity contribution in [3.8, 4) is 5.75 Å². The zero-order valence-electron chi connectivity index (χ0n) is 14.5. The van der Waals surface area contributed by atoms with Gasteiger partial charge in [0.1, 0.15) is 23.0 Å². The number of phenolic OH excluding ortho intramolecular Hbond substituents is 1. The van der Waals surface area contributed by atoms with Gasteiger partial charge in [-0.15, -0.1) is 0 Å². The van der Waals surface area contributed by atoms with Crippen LogP contribution >= 0.6 is 0 Å². The number of phenols is 1. The van der Waals surface area contributed by atoms with Gasteiger partial charge in [-0.05, 0) is 27.7 Å². The molecule has 10 nitrogen and oxygen atoms in total. The topological polar surface area (TPSA) is 150 Å². The minimum Gasteiger partial charge on any atom is -0.505 e. The van der Waals surface area contributed by atoms with E-state index in [1.807, 2.05) is 0 Å². The van der Waals surface area contributed by atoms with Gasteiger partial charge in [0.25, 0.3) is 0 Å². The van der Waals surface area contributed by atoms with E-state index in [1.54, 1.807) is 0 Å². The van der Waals surface area contributed by atoms with Crippen LogP contribution in [-0.4, -0.2) is 39.8 Å². The third kappa shape index (κ3) is 5.30. The first-order valence-corrected chi connectivity index (χ1v) is 10.3. The molecule has 0 amide bonds. The van der Waals surface area contributed by atoms with E-state index in [1.165, 1.54) is 32.3 Å². The normalized spacial score (nSPS) is 12.1. The fraction of sp³-hybridized carbons (Fsp3) is 0.286. The Morgan fingerprint density at radius 2 is 1.67 bits per heavy atom. The molecule has 13 heteroatoms. The number of fused-ring (bicyclic) bond motifs is 1. The molecule has 2 N–H and O–H groups in total. The first-order valence-electron chi connectivity index (χ1n) is 7.12. The molecule has 0 heterocycles. The Labute approximate surface area is 171 Å². The summed E-state index contributed by atoms with van der Waals surface area (Å²) in [4.78, 5) is -0.270. The van der Waals surface area contributed by atoms with Gasteiger partial charge >= 0.3 is 0 Å². The third-order valence-electron chi connectivity index (χ3n) is 3.31. The molecule has 0 saturated carbocycles. The summed E-state index contributed by atoms with van der Waals surface area (Å²) in [5, 5.41) is 28.5.